The molecule has 10 heteroatoms. The molecule has 2 amide bonds. The summed E-state index contributed by atoms with van der Waals surface area (Å²) in [5.74, 6) is 1.37. The normalized spacial score (nSPS) is 28.9. The van der Waals surface area contributed by atoms with E-state index in [9.17, 15) is 9.90 Å². The number of fused-ring (bicyclic) bond motifs is 2. The summed E-state index contributed by atoms with van der Waals surface area (Å²) in [7, 11) is 1.67. The van der Waals surface area contributed by atoms with E-state index in [0.717, 1.165) is 31.5 Å². The second-order valence-corrected chi connectivity index (χ2v) is 12.9. The lowest BCUT2D eigenvalue weighted by atomic mass is 9.70. The highest BCUT2D eigenvalue weighted by Gasteiger charge is 2.63. The first-order valence-electron chi connectivity index (χ1n) is 13.9. The molecule has 1 aliphatic carbocycles. The number of methoxy groups -OCH3 is 1. The standard InChI is InChI=1S/C31H34Br2N4O4/c1-5-41-23-18-30(2,40-4)26-27-31(23,3)28-34-24(19-6-10-21(32)11-7-19)25(20-8-12-22(33)13-9-20)37(28)29(39)36(27)15-14-35(26)16-17-38/h6-13,18,24-25,38H,5,14-17H2,1-4H3. The molecular formula is C31H34Br2N4O4. The van der Waals surface area contributed by atoms with Crippen LogP contribution in [0.4, 0.5) is 4.79 Å². The number of β-amino-alcohol motifs (C(OH)–C–C–N with tert-alkyl or cyclic N) is 1. The summed E-state index contributed by atoms with van der Waals surface area (Å²) in [4.78, 5) is 26.0. The molecule has 216 valence electrons. The molecule has 3 heterocycles. The first kappa shape index (κ1) is 28.5. The van der Waals surface area contributed by atoms with Crippen LogP contribution in [0.25, 0.3) is 0 Å². The number of hydrogen-bond donors (Lipinski definition) is 1. The van der Waals surface area contributed by atoms with Crippen molar-refractivity contribution in [3.63, 3.8) is 0 Å². The van der Waals surface area contributed by atoms with Crippen LogP contribution < -0.4 is 0 Å². The maximum absolute atomic E-state index is 14.7. The Bertz CT molecular complexity index is 1460. The zero-order chi connectivity index (χ0) is 29.1. The van der Waals surface area contributed by atoms with Crippen molar-refractivity contribution in [1.82, 2.24) is 14.7 Å². The van der Waals surface area contributed by atoms with Crippen molar-refractivity contribution in [2.75, 3.05) is 40.0 Å². The summed E-state index contributed by atoms with van der Waals surface area (Å²) in [6.07, 6.45) is 2.03. The van der Waals surface area contributed by atoms with E-state index in [1.807, 2.05) is 54.0 Å². The van der Waals surface area contributed by atoms with Gasteiger partial charge in [-0.3, -0.25) is 14.8 Å². The second-order valence-electron chi connectivity index (χ2n) is 11.0. The highest BCUT2D eigenvalue weighted by atomic mass is 79.9. The molecule has 0 spiro atoms. The van der Waals surface area contributed by atoms with E-state index in [1.165, 1.54) is 0 Å². The molecule has 0 bridgehead atoms. The van der Waals surface area contributed by atoms with Gasteiger partial charge in [0, 0.05) is 35.7 Å². The third-order valence-corrected chi connectivity index (χ3v) is 9.77. The minimum absolute atomic E-state index is 0.00633. The van der Waals surface area contributed by atoms with E-state index < -0.39 is 11.0 Å². The van der Waals surface area contributed by atoms with Crippen molar-refractivity contribution in [3.8, 4) is 0 Å². The third kappa shape index (κ3) is 4.28. The Morgan fingerprint density at radius 1 is 1.00 bits per heavy atom. The molecule has 0 aromatic heterocycles. The fourth-order valence-corrected chi connectivity index (χ4v) is 7.29. The van der Waals surface area contributed by atoms with Crippen LogP contribution >= 0.6 is 31.9 Å². The quantitative estimate of drug-likeness (QED) is 0.387. The molecule has 2 aromatic rings. The monoisotopic (exact) mass is 684 g/mol. The number of aliphatic hydroxyl groups is 1. The number of halogens is 2. The van der Waals surface area contributed by atoms with Gasteiger partial charge in [0.15, 0.2) is 0 Å². The second kappa shape index (κ2) is 10.6. The van der Waals surface area contributed by atoms with Crippen molar-refractivity contribution in [2.45, 2.75) is 38.5 Å². The lowest BCUT2D eigenvalue weighted by Gasteiger charge is -2.57. The number of aliphatic imine (C=N–C) groups is 1. The molecule has 3 aliphatic heterocycles. The number of ether oxygens (including phenoxy) is 2. The van der Waals surface area contributed by atoms with Crippen LogP contribution in [0.15, 0.2) is 85.7 Å². The van der Waals surface area contributed by atoms with Gasteiger partial charge in [0.05, 0.1) is 30.6 Å². The summed E-state index contributed by atoms with van der Waals surface area (Å²) >= 11 is 7.13. The van der Waals surface area contributed by atoms with Crippen molar-refractivity contribution in [3.05, 3.63) is 91.8 Å². The predicted octanol–water partition coefficient (Wildman–Crippen LogP) is 6.01. The van der Waals surface area contributed by atoms with Gasteiger partial charge < -0.3 is 19.5 Å². The molecule has 1 N–H and O–H groups in total. The predicted molar refractivity (Wildman–Crippen MR) is 164 cm³/mol. The Morgan fingerprint density at radius 3 is 2.22 bits per heavy atom. The summed E-state index contributed by atoms with van der Waals surface area (Å²) in [6.45, 7) is 8.01. The molecule has 41 heavy (non-hydrogen) atoms. The molecule has 1 fully saturated rings. The molecular weight excluding hydrogens is 652 g/mol. The van der Waals surface area contributed by atoms with Crippen LogP contribution in [0, 0.1) is 5.41 Å². The van der Waals surface area contributed by atoms with Crippen LogP contribution in [0.3, 0.4) is 0 Å². The Balaban J connectivity index is 1.62. The van der Waals surface area contributed by atoms with Gasteiger partial charge in [0.1, 0.15) is 28.7 Å². The number of carbonyl (C=O) groups is 1. The van der Waals surface area contributed by atoms with E-state index >= 15 is 0 Å². The fourth-order valence-electron chi connectivity index (χ4n) is 6.76. The summed E-state index contributed by atoms with van der Waals surface area (Å²) in [6, 6.07) is 15.5. The van der Waals surface area contributed by atoms with Crippen LogP contribution in [0.2, 0.25) is 0 Å². The average Bonchev–Trinajstić information content (AvgIpc) is 3.37. The largest absolute Gasteiger partial charge is 0.497 e. The Hall–Kier alpha value is -2.66. The van der Waals surface area contributed by atoms with Crippen LogP contribution in [-0.4, -0.2) is 77.2 Å². The summed E-state index contributed by atoms with van der Waals surface area (Å²) in [5.41, 5.74) is 2.00. The van der Waals surface area contributed by atoms with E-state index in [4.69, 9.17) is 14.5 Å². The number of amides is 2. The number of aliphatic hydroxyl groups excluding tert-OH is 1. The van der Waals surface area contributed by atoms with E-state index in [-0.39, 0.29) is 24.7 Å². The minimum atomic E-state index is -0.858. The molecule has 0 radical (unpaired) electrons. The minimum Gasteiger partial charge on any atom is -0.497 e. The van der Waals surface area contributed by atoms with Gasteiger partial charge in [0.2, 0.25) is 0 Å². The number of carbonyl (C=O) groups excluding carboxylic acids is 1. The van der Waals surface area contributed by atoms with Crippen LogP contribution in [0.1, 0.15) is 44.0 Å². The Morgan fingerprint density at radius 2 is 1.63 bits per heavy atom. The van der Waals surface area contributed by atoms with Gasteiger partial charge >= 0.3 is 6.03 Å². The molecule has 4 atom stereocenters. The zero-order valence-electron chi connectivity index (χ0n) is 23.6. The number of benzene rings is 2. The Kier molecular flexibility index (Phi) is 7.33. The lowest BCUT2D eigenvalue weighted by Crippen LogP contribution is -2.66. The number of rotatable bonds is 7. The smallest absolute Gasteiger partial charge is 0.330 e. The molecule has 6 rings (SSSR count). The third-order valence-electron chi connectivity index (χ3n) is 8.71. The van der Waals surface area contributed by atoms with Gasteiger partial charge in [-0.05, 0) is 62.2 Å². The fraction of sp³-hybridized carbons (Fsp3) is 0.419. The zero-order valence-corrected chi connectivity index (χ0v) is 26.8. The van der Waals surface area contributed by atoms with Gasteiger partial charge in [-0.25, -0.2) is 4.79 Å². The number of amidine groups is 1. The Labute approximate surface area is 257 Å². The van der Waals surface area contributed by atoms with E-state index in [1.54, 1.807) is 7.11 Å². The molecule has 2 aromatic carbocycles. The van der Waals surface area contributed by atoms with Gasteiger partial charge in [-0.1, -0.05) is 56.1 Å². The molecule has 1 saturated heterocycles. The van der Waals surface area contributed by atoms with E-state index in [0.29, 0.717) is 37.8 Å². The number of urea groups is 1. The van der Waals surface area contributed by atoms with Crippen LogP contribution in [-0.2, 0) is 9.47 Å². The SMILES string of the molecule is CCOC1=CC(C)(OC)C2=C3N(CCN2CCO)C(=O)N2C(=NC(c4ccc(Br)cc4)C2c2ccc(Br)cc2)C13C. The van der Waals surface area contributed by atoms with Crippen molar-refractivity contribution in [2.24, 2.45) is 10.4 Å². The highest BCUT2D eigenvalue weighted by Crippen LogP contribution is 2.58. The molecule has 0 saturated carbocycles. The maximum Gasteiger partial charge on any atom is 0.330 e. The summed E-state index contributed by atoms with van der Waals surface area (Å²) < 4.78 is 14.5. The maximum atomic E-state index is 14.7. The van der Waals surface area contributed by atoms with Gasteiger partial charge in [-0.2, -0.15) is 0 Å². The lowest BCUT2D eigenvalue weighted by molar-refractivity contribution is 0.0124. The van der Waals surface area contributed by atoms with Crippen molar-refractivity contribution < 1.29 is 19.4 Å². The summed E-state index contributed by atoms with van der Waals surface area (Å²) in [5, 5.41) is 9.95. The molecule has 4 unspecified atom stereocenters. The first-order valence-corrected chi connectivity index (χ1v) is 15.5. The van der Waals surface area contributed by atoms with E-state index in [2.05, 4.69) is 67.9 Å². The number of nitrogens with zero attached hydrogens (tertiary/aromatic N) is 4. The molecule has 8 nitrogen and oxygen atoms in total. The first-order chi connectivity index (χ1) is 19.7. The van der Waals surface area contributed by atoms with Crippen molar-refractivity contribution in [1.29, 1.82) is 0 Å². The highest BCUT2D eigenvalue weighted by molar-refractivity contribution is 9.10. The van der Waals surface area contributed by atoms with Gasteiger partial charge in [0.25, 0.3) is 0 Å². The average molecular weight is 686 g/mol. The van der Waals surface area contributed by atoms with Gasteiger partial charge in [-0.15, -0.1) is 0 Å². The topological polar surface area (TPSA) is 77.8 Å². The molecule has 4 aliphatic rings. The van der Waals surface area contributed by atoms with Crippen molar-refractivity contribution >= 4 is 43.7 Å². The van der Waals surface area contributed by atoms with Crippen LogP contribution in [0.5, 0.6) is 0 Å². The number of hydrogen-bond acceptors (Lipinski definition) is 6.